The minimum Gasteiger partial charge on any atom is -0.497 e. The van der Waals surface area contributed by atoms with Gasteiger partial charge in [-0.05, 0) is 43.5 Å². The first-order chi connectivity index (χ1) is 6.90. The maximum Gasteiger partial charge on any atom is 0.119 e. The Morgan fingerprint density at radius 1 is 1.21 bits per heavy atom. The van der Waals surface area contributed by atoms with Gasteiger partial charge in [-0.25, -0.2) is 0 Å². The van der Waals surface area contributed by atoms with Gasteiger partial charge in [0.25, 0.3) is 0 Å². The summed E-state index contributed by atoms with van der Waals surface area (Å²) in [7, 11) is 1.70. The highest BCUT2D eigenvalue weighted by Gasteiger charge is 2.10. The third-order valence-corrected chi connectivity index (χ3v) is 2.62. The monoisotopic (exact) mass is 190 g/mol. The maximum absolute atomic E-state index is 5.13. The van der Waals surface area contributed by atoms with Gasteiger partial charge in [0, 0.05) is 18.8 Å². The minimum atomic E-state index is 0.926. The Labute approximate surface area is 85.5 Å². The number of ether oxygens (including phenoxy) is 1. The Hall–Kier alpha value is -1.18. The fourth-order valence-electron chi connectivity index (χ4n) is 1.79. The van der Waals surface area contributed by atoms with Crippen molar-refractivity contribution < 1.29 is 4.74 Å². The molecule has 1 aliphatic rings. The van der Waals surface area contributed by atoms with Gasteiger partial charge in [-0.1, -0.05) is 0 Å². The zero-order valence-corrected chi connectivity index (χ0v) is 8.57. The van der Waals surface area contributed by atoms with Crippen LogP contribution in [0, 0.1) is 6.42 Å². The lowest BCUT2D eigenvalue weighted by Gasteiger charge is -2.28. The van der Waals surface area contributed by atoms with Gasteiger partial charge in [0.1, 0.15) is 5.75 Å². The number of benzene rings is 1. The van der Waals surface area contributed by atoms with E-state index in [9.17, 15) is 0 Å². The van der Waals surface area contributed by atoms with Crippen LogP contribution in [0.1, 0.15) is 12.8 Å². The number of anilines is 1. The van der Waals surface area contributed by atoms with Gasteiger partial charge in [0.15, 0.2) is 0 Å². The van der Waals surface area contributed by atoms with E-state index in [1.165, 1.54) is 25.1 Å². The molecule has 1 aliphatic heterocycles. The molecule has 2 nitrogen and oxygen atoms in total. The molecule has 0 aliphatic carbocycles. The third kappa shape index (κ3) is 2.00. The van der Waals surface area contributed by atoms with Crippen molar-refractivity contribution in [3.63, 3.8) is 0 Å². The van der Waals surface area contributed by atoms with Gasteiger partial charge in [0.2, 0.25) is 0 Å². The van der Waals surface area contributed by atoms with Crippen molar-refractivity contribution in [1.29, 1.82) is 0 Å². The summed E-state index contributed by atoms with van der Waals surface area (Å²) in [6.07, 6.45) is 4.87. The molecule has 14 heavy (non-hydrogen) atoms. The molecule has 75 valence electrons. The van der Waals surface area contributed by atoms with Crippen LogP contribution in [-0.2, 0) is 0 Å². The molecule has 0 N–H and O–H groups in total. The number of hydrogen-bond acceptors (Lipinski definition) is 2. The molecule has 1 heterocycles. The Morgan fingerprint density at radius 2 is 2.00 bits per heavy atom. The number of hydrogen-bond donors (Lipinski definition) is 0. The highest BCUT2D eigenvalue weighted by molar-refractivity contribution is 5.49. The molecule has 1 aromatic carbocycles. The Bertz CT molecular complexity index is 275. The third-order valence-electron chi connectivity index (χ3n) is 2.62. The van der Waals surface area contributed by atoms with Crippen LogP contribution in [0.3, 0.4) is 0 Å². The lowest BCUT2D eigenvalue weighted by Crippen LogP contribution is -2.29. The van der Waals surface area contributed by atoms with E-state index in [1.807, 2.05) is 12.1 Å². The molecule has 2 rings (SSSR count). The quantitative estimate of drug-likeness (QED) is 0.710. The van der Waals surface area contributed by atoms with Crippen LogP contribution in [0.4, 0.5) is 5.69 Å². The van der Waals surface area contributed by atoms with Crippen LogP contribution in [0.2, 0.25) is 0 Å². The standard InChI is InChI=1S/C12H16NO/c1-14-12-7-5-11(6-8-12)13-9-3-2-4-10-13/h3,5-8H,2,4,9-10H2,1H3. The fraction of sp³-hybridized carbons (Fsp3) is 0.417. The summed E-state index contributed by atoms with van der Waals surface area (Å²) in [6, 6.07) is 8.28. The van der Waals surface area contributed by atoms with E-state index in [4.69, 9.17) is 4.74 Å². The first kappa shape index (κ1) is 9.38. The lowest BCUT2D eigenvalue weighted by molar-refractivity contribution is 0.415. The van der Waals surface area contributed by atoms with E-state index in [1.54, 1.807) is 7.11 Å². The Balaban J connectivity index is 2.07. The summed E-state index contributed by atoms with van der Waals surface area (Å²) in [6.45, 7) is 2.25. The predicted molar refractivity (Wildman–Crippen MR) is 58.7 cm³/mol. The Kier molecular flexibility index (Phi) is 2.92. The highest BCUT2D eigenvalue weighted by Crippen LogP contribution is 2.21. The summed E-state index contributed by atoms with van der Waals surface area (Å²) in [4.78, 5) is 2.39. The van der Waals surface area contributed by atoms with Gasteiger partial charge in [-0.15, -0.1) is 0 Å². The average Bonchev–Trinajstić information content (AvgIpc) is 2.30. The molecule has 0 saturated carbocycles. The second kappa shape index (κ2) is 4.36. The van der Waals surface area contributed by atoms with Crippen LogP contribution in [-0.4, -0.2) is 20.2 Å². The summed E-state index contributed by atoms with van der Waals surface area (Å²) < 4.78 is 5.13. The van der Waals surface area contributed by atoms with Gasteiger partial charge >= 0.3 is 0 Å². The smallest absolute Gasteiger partial charge is 0.119 e. The van der Waals surface area contributed by atoms with E-state index >= 15 is 0 Å². The van der Waals surface area contributed by atoms with Crippen molar-refractivity contribution >= 4 is 5.69 Å². The van der Waals surface area contributed by atoms with Crippen LogP contribution < -0.4 is 9.64 Å². The molecular formula is C12H16NO. The molecule has 0 bridgehead atoms. The second-order valence-electron chi connectivity index (χ2n) is 3.57. The molecule has 0 aromatic heterocycles. The van der Waals surface area contributed by atoms with Gasteiger partial charge in [-0.2, -0.15) is 0 Å². The summed E-state index contributed by atoms with van der Waals surface area (Å²) in [5, 5.41) is 0. The molecule has 2 heteroatoms. The summed E-state index contributed by atoms with van der Waals surface area (Å²) >= 11 is 0. The van der Waals surface area contributed by atoms with E-state index in [-0.39, 0.29) is 0 Å². The molecule has 1 aromatic rings. The van der Waals surface area contributed by atoms with Crippen LogP contribution in [0.5, 0.6) is 5.75 Å². The van der Waals surface area contributed by atoms with Crippen molar-refractivity contribution in [2.45, 2.75) is 12.8 Å². The van der Waals surface area contributed by atoms with Gasteiger partial charge in [-0.3, -0.25) is 0 Å². The van der Waals surface area contributed by atoms with Crippen molar-refractivity contribution in [2.24, 2.45) is 0 Å². The molecular weight excluding hydrogens is 174 g/mol. The second-order valence-corrected chi connectivity index (χ2v) is 3.57. The van der Waals surface area contributed by atoms with E-state index in [0.29, 0.717) is 0 Å². The lowest BCUT2D eigenvalue weighted by atomic mass is 10.1. The van der Waals surface area contributed by atoms with E-state index in [0.717, 1.165) is 12.3 Å². The van der Waals surface area contributed by atoms with Crippen molar-refractivity contribution in [3.05, 3.63) is 30.7 Å². The molecule has 1 radical (unpaired) electrons. The number of rotatable bonds is 2. The normalized spacial score (nSPS) is 16.8. The van der Waals surface area contributed by atoms with E-state index in [2.05, 4.69) is 23.5 Å². The van der Waals surface area contributed by atoms with Crippen molar-refractivity contribution in [1.82, 2.24) is 0 Å². The predicted octanol–water partition coefficient (Wildman–Crippen LogP) is 2.50. The topological polar surface area (TPSA) is 12.5 Å². The molecule has 1 saturated heterocycles. The fourth-order valence-corrected chi connectivity index (χ4v) is 1.79. The van der Waals surface area contributed by atoms with E-state index < -0.39 is 0 Å². The number of piperidine rings is 1. The van der Waals surface area contributed by atoms with Crippen LogP contribution >= 0.6 is 0 Å². The van der Waals surface area contributed by atoms with Crippen LogP contribution in [0.25, 0.3) is 0 Å². The molecule has 0 atom stereocenters. The van der Waals surface area contributed by atoms with Crippen molar-refractivity contribution in [2.75, 3.05) is 25.1 Å². The molecule has 0 unspecified atom stereocenters. The molecule has 1 fully saturated rings. The van der Waals surface area contributed by atoms with Crippen LogP contribution in [0.15, 0.2) is 24.3 Å². The Morgan fingerprint density at radius 3 is 2.57 bits per heavy atom. The number of methoxy groups -OCH3 is 1. The zero-order chi connectivity index (χ0) is 9.80. The molecule has 0 spiro atoms. The highest BCUT2D eigenvalue weighted by atomic mass is 16.5. The number of nitrogens with zero attached hydrogens (tertiary/aromatic N) is 1. The van der Waals surface area contributed by atoms with Crippen molar-refractivity contribution in [3.8, 4) is 5.75 Å². The summed E-state index contributed by atoms with van der Waals surface area (Å²) in [5.74, 6) is 0.926. The minimum absolute atomic E-state index is 0.926. The zero-order valence-electron chi connectivity index (χ0n) is 8.57. The molecule has 0 amide bonds. The summed E-state index contributed by atoms with van der Waals surface area (Å²) in [5.41, 5.74) is 1.29. The van der Waals surface area contributed by atoms with Gasteiger partial charge < -0.3 is 9.64 Å². The first-order valence-corrected chi connectivity index (χ1v) is 5.11. The average molecular weight is 190 g/mol. The maximum atomic E-state index is 5.13. The van der Waals surface area contributed by atoms with Gasteiger partial charge in [0.05, 0.1) is 7.11 Å². The first-order valence-electron chi connectivity index (χ1n) is 5.11. The largest absolute Gasteiger partial charge is 0.497 e. The SMILES string of the molecule is COc1ccc(N2C[CH]CCC2)cc1.